The molecule has 3 fully saturated rings. The van der Waals surface area contributed by atoms with E-state index in [9.17, 15) is 4.79 Å². The Morgan fingerprint density at radius 1 is 1.22 bits per heavy atom. The number of carbonyl (C=O) groups excluding carboxylic acids is 1. The third-order valence-electron chi connectivity index (χ3n) is 8.09. The lowest BCUT2D eigenvalue weighted by Gasteiger charge is -2.36. The molecule has 5 rings (SSSR count). The van der Waals surface area contributed by atoms with Crippen molar-refractivity contribution in [1.82, 2.24) is 29.5 Å². The van der Waals surface area contributed by atoms with Gasteiger partial charge in [-0.3, -0.25) is 9.48 Å². The summed E-state index contributed by atoms with van der Waals surface area (Å²) in [6.45, 7) is 8.99. The maximum absolute atomic E-state index is 12.8. The first-order valence-electron chi connectivity index (χ1n) is 13.4. The van der Waals surface area contributed by atoms with Crippen molar-refractivity contribution in [1.29, 1.82) is 0 Å². The molecule has 1 amide bonds. The molecule has 3 aliphatic heterocycles. The second kappa shape index (κ2) is 10.9. The smallest absolute Gasteiger partial charge is 0.230 e. The summed E-state index contributed by atoms with van der Waals surface area (Å²) in [5.74, 6) is 1.40. The number of nitrogens with zero attached hydrogens (tertiary/aromatic N) is 6. The normalized spacial score (nSPS) is 25.8. The molecule has 2 unspecified atom stereocenters. The van der Waals surface area contributed by atoms with E-state index >= 15 is 0 Å². The van der Waals surface area contributed by atoms with Crippen molar-refractivity contribution in [2.75, 3.05) is 50.5 Å². The minimum absolute atomic E-state index is 0.156. The van der Waals surface area contributed by atoms with Crippen LogP contribution in [-0.4, -0.2) is 87.4 Å². The van der Waals surface area contributed by atoms with Gasteiger partial charge in [0.05, 0.1) is 40.5 Å². The van der Waals surface area contributed by atoms with Crippen LogP contribution in [0.2, 0.25) is 0 Å². The zero-order valence-corrected chi connectivity index (χ0v) is 23.9. The standard InChI is InChI=1S/C26H39BrN8O2/c1-17-22(15-35(32-17)20-12-18-6-7-19(13-20)33(18)4)30-25-29-14-21(27)23(31-25)28-8-5-9-34-10-11-37-16-26(2,3)24(34)36/h14-15,18-20H,5-13,16H2,1-4H3,(H2,28,29,30,31). The molecular weight excluding hydrogens is 536 g/mol. The number of aromatic nitrogens is 4. The van der Waals surface area contributed by atoms with Crippen molar-refractivity contribution in [3.05, 3.63) is 22.6 Å². The van der Waals surface area contributed by atoms with Crippen LogP contribution in [0.3, 0.4) is 0 Å². The van der Waals surface area contributed by atoms with Gasteiger partial charge in [0.15, 0.2) is 0 Å². The molecule has 2 N–H and O–H groups in total. The van der Waals surface area contributed by atoms with Crippen LogP contribution in [0.25, 0.3) is 0 Å². The second-order valence-corrected chi connectivity index (χ2v) is 12.2. The first-order valence-corrected chi connectivity index (χ1v) is 14.2. The third-order valence-corrected chi connectivity index (χ3v) is 8.67. The Morgan fingerprint density at radius 2 is 1.97 bits per heavy atom. The molecule has 3 aliphatic rings. The summed E-state index contributed by atoms with van der Waals surface area (Å²) in [7, 11) is 2.26. The van der Waals surface area contributed by atoms with Crippen LogP contribution in [0.4, 0.5) is 17.5 Å². The van der Waals surface area contributed by atoms with E-state index in [0.717, 1.165) is 40.9 Å². The van der Waals surface area contributed by atoms with Gasteiger partial charge in [-0.2, -0.15) is 10.1 Å². The van der Waals surface area contributed by atoms with Gasteiger partial charge in [-0.15, -0.1) is 0 Å². The number of rotatable bonds is 8. The molecule has 2 atom stereocenters. The fourth-order valence-corrected chi connectivity index (χ4v) is 6.18. The average molecular weight is 576 g/mol. The molecule has 202 valence electrons. The Morgan fingerprint density at radius 3 is 2.73 bits per heavy atom. The van der Waals surface area contributed by atoms with Crippen molar-refractivity contribution in [2.24, 2.45) is 5.41 Å². The molecule has 0 spiro atoms. The van der Waals surface area contributed by atoms with E-state index in [2.05, 4.69) is 59.4 Å². The summed E-state index contributed by atoms with van der Waals surface area (Å²) in [6.07, 6.45) is 9.58. The fraction of sp³-hybridized carbons (Fsp3) is 0.692. The third kappa shape index (κ3) is 5.78. The Balaban J connectivity index is 1.17. The highest BCUT2D eigenvalue weighted by molar-refractivity contribution is 9.10. The van der Waals surface area contributed by atoms with E-state index in [0.29, 0.717) is 56.9 Å². The molecule has 2 aromatic rings. The highest BCUT2D eigenvalue weighted by Gasteiger charge is 2.39. The molecule has 3 saturated heterocycles. The van der Waals surface area contributed by atoms with Crippen LogP contribution in [0.15, 0.2) is 16.9 Å². The molecule has 37 heavy (non-hydrogen) atoms. The molecular formula is C26H39BrN8O2. The van der Waals surface area contributed by atoms with E-state index in [4.69, 9.17) is 9.84 Å². The zero-order chi connectivity index (χ0) is 26.2. The van der Waals surface area contributed by atoms with Crippen molar-refractivity contribution < 1.29 is 9.53 Å². The molecule has 10 nitrogen and oxygen atoms in total. The predicted octanol–water partition coefficient (Wildman–Crippen LogP) is 3.97. The maximum atomic E-state index is 12.8. The molecule has 2 aromatic heterocycles. The number of hydrogen-bond acceptors (Lipinski definition) is 8. The number of amides is 1. The van der Waals surface area contributed by atoms with E-state index in [1.807, 2.05) is 25.7 Å². The van der Waals surface area contributed by atoms with E-state index in [1.54, 1.807) is 6.20 Å². The molecule has 11 heteroatoms. The Hall–Kier alpha value is -2.24. The molecule has 5 heterocycles. The van der Waals surface area contributed by atoms with Gasteiger partial charge in [0.2, 0.25) is 11.9 Å². The summed E-state index contributed by atoms with van der Waals surface area (Å²) >= 11 is 3.56. The van der Waals surface area contributed by atoms with Crippen LogP contribution in [0, 0.1) is 12.3 Å². The highest BCUT2D eigenvalue weighted by atomic mass is 79.9. The number of ether oxygens (including phenoxy) is 1. The predicted molar refractivity (Wildman–Crippen MR) is 147 cm³/mol. The van der Waals surface area contributed by atoms with Gasteiger partial charge in [0.25, 0.3) is 0 Å². The Kier molecular flexibility index (Phi) is 7.74. The molecule has 2 bridgehead atoms. The minimum Gasteiger partial charge on any atom is -0.379 e. The van der Waals surface area contributed by atoms with Crippen LogP contribution in [-0.2, 0) is 9.53 Å². The first-order chi connectivity index (χ1) is 17.7. The fourth-order valence-electron chi connectivity index (χ4n) is 5.85. The van der Waals surface area contributed by atoms with Crippen molar-refractivity contribution in [3.8, 4) is 0 Å². The average Bonchev–Trinajstić information content (AvgIpc) is 3.25. The largest absolute Gasteiger partial charge is 0.379 e. The maximum Gasteiger partial charge on any atom is 0.230 e. The van der Waals surface area contributed by atoms with E-state index < -0.39 is 5.41 Å². The monoisotopic (exact) mass is 574 g/mol. The van der Waals surface area contributed by atoms with Gasteiger partial charge >= 0.3 is 0 Å². The lowest BCUT2D eigenvalue weighted by Crippen LogP contribution is -2.42. The van der Waals surface area contributed by atoms with Gasteiger partial charge in [0.1, 0.15) is 5.82 Å². The van der Waals surface area contributed by atoms with Gasteiger partial charge in [-0.05, 0) is 75.9 Å². The van der Waals surface area contributed by atoms with Gasteiger partial charge in [0, 0.05) is 44.1 Å². The SMILES string of the molecule is Cc1nn(C2CC3CCC(C2)N3C)cc1Nc1ncc(Br)c(NCCCN2CCOCC(C)(C)C2=O)n1. The summed E-state index contributed by atoms with van der Waals surface area (Å²) in [6, 6.07) is 1.79. The Bertz CT molecular complexity index is 1110. The van der Waals surface area contributed by atoms with Gasteiger partial charge < -0.3 is 25.2 Å². The zero-order valence-electron chi connectivity index (χ0n) is 22.3. The molecule has 0 saturated carbocycles. The number of halogens is 1. The lowest BCUT2D eigenvalue weighted by molar-refractivity contribution is -0.139. The number of hydrogen-bond donors (Lipinski definition) is 2. The molecule has 0 radical (unpaired) electrons. The summed E-state index contributed by atoms with van der Waals surface area (Å²) in [5, 5.41) is 11.6. The van der Waals surface area contributed by atoms with Crippen molar-refractivity contribution >= 4 is 39.3 Å². The van der Waals surface area contributed by atoms with Crippen LogP contribution in [0.5, 0.6) is 0 Å². The topological polar surface area (TPSA) is 100 Å². The number of aryl methyl sites for hydroxylation is 1. The number of nitrogens with one attached hydrogen (secondary N) is 2. The summed E-state index contributed by atoms with van der Waals surface area (Å²) in [5.41, 5.74) is 1.41. The number of carbonyl (C=O) groups is 1. The van der Waals surface area contributed by atoms with E-state index in [1.165, 1.54) is 12.8 Å². The van der Waals surface area contributed by atoms with Crippen molar-refractivity contribution in [3.63, 3.8) is 0 Å². The Labute approximate surface area is 227 Å². The van der Waals surface area contributed by atoms with Crippen LogP contribution < -0.4 is 10.6 Å². The summed E-state index contributed by atoms with van der Waals surface area (Å²) < 4.78 is 8.55. The van der Waals surface area contributed by atoms with Gasteiger partial charge in [-0.1, -0.05) is 0 Å². The highest BCUT2D eigenvalue weighted by Crippen LogP contribution is 2.40. The first kappa shape index (κ1) is 26.4. The van der Waals surface area contributed by atoms with E-state index in [-0.39, 0.29) is 5.91 Å². The number of piperidine rings is 1. The van der Waals surface area contributed by atoms with Crippen molar-refractivity contribution in [2.45, 2.75) is 71.0 Å². The molecule has 0 aliphatic carbocycles. The quantitative estimate of drug-likeness (QED) is 0.457. The van der Waals surface area contributed by atoms with Gasteiger partial charge in [-0.25, -0.2) is 4.98 Å². The summed E-state index contributed by atoms with van der Waals surface area (Å²) in [4.78, 5) is 26.4. The number of fused-ring (bicyclic) bond motifs is 2. The van der Waals surface area contributed by atoms with Crippen LogP contribution >= 0.6 is 15.9 Å². The second-order valence-electron chi connectivity index (χ2n) is 11.3. The molecule has 0 aromatic carbocycles. The number of anilines is 3. The minimum atomic E-state index is -0.473. The van der Waals surface area contributed by atoms with Crippen LogP contribution in [0.1, 0.15) is 57.7 Å². The lowest BCUT2D eigenvalue weighted by atomic mass is 9.93.